The molecule has 3 aromatic rings. The van der Waals surface area contributed by atoms with Crippen LogP contribution >= 0.6 is 0 Å². The number of benzene rings is 2. The minimum Gasteiger partial charge on any atom is -0.394 e. The van der Waals surface area contributed by atoms with Gasteiger partial charge in [-0.3, -0.25) is 9.36 Å². The molecule has 8 nitrogen and oxygen atoms in total. The Balaban J connectivity index is 2.05. The second kappa shape index (κ2) is 9.85. The van der Waals surface area contributed by atoms with Gasteiger partial charge in [0.2, 0.25) is 0 Å². The van der Waals surface area contributed by atoms with E-state index >= 15 is 0 Å². The molecule has 36 heavy (non-hydrogen) atoms. The van der Waals surface area contributed by atoms with Crippen molar-refractivity contribution in [3.05, 3.63) is 82.1 Å². The molecule has 188 valence electrons. The van der Waals surface area contributed by atoms with Crippen molar-refractivity contribution in [2.45, 2.75) is 36.8 Å². The molecular weight excluding hydrogens is 481 g/mol. The van der Waals surface area contributed by atoms with E-state index < -0.39 is 65.7 Å². The van der Waals surface area contributed by atoms with E-state index in [0.29, 0.717) is 5.56 Å². The van der Waals surface area contributed by atoms with Gasteiger partial charge < -0.3 is 25.2 Å². The summed E-state index contributed by atoms with van der Waals surface area (Å²) in [5.74, 6) is 0. The van der Waals surface area contributed by atoms with Gasteiger partial charge in [0.15, 0.2) is 6.23 Å². The van der Waals surface area contributed by atoms with Crippen LogP contribution in [0.3, 0.4) is 0 Å². The first-order chi connectivity index (χ1) is 17.1. The van der Waals surface area contributed by atoms with Crippen molar-refractivity contribution in [3.63, 3.8) is 0 Å². The van der Waals surface area contributed by atoms with Crippen molar-refractivity contribution in [3.8, 4) is 28.5 Å². The van der Waals surface area contributed by atoms with Crippen molar-refractivity contribution in [2.24, 2.45) is 0 Å². The predicted octanol–water partition coefficient (Wildman–Crippen LogP) is 2.05. The predicted molar refractivity (Wildman–Crippen MR) is 120 cm³/mol. The summed E-state index contributed by atoms with van der Waals surface area (Å²) in [7, 11) is 0. The van der Waals surface area contributed by atoms with Gasteiger partial charge in [-0.25, -0.2) is 0 Å². The molecule has 2 heterocycles. The van der Waals surface area contributed by atoms with Crippen molar-refractivity contribution < 1.29 is 38.3 Å². The first-order valence-corrected chi connectivity index (χ1v) is 10.8. The number of pyridine rings is 1. The molecule has 4 rings (SSSR count). The molecule has 11 heteroatoms. The smallest absolute Gasteiger partial charge is 0.394 e. The first kappa shape index (κ1) is 25.6. The van der Waals surface area contributed by atoms with Gasteiger partial charge in [-0.15, -0.1) is 0 Å². The lowest BCUT2D eigenvalue weighted by Gasteiger charge is -2.41. The molecule has 0 radical (unpaired) electrons. The Morgan fingerprint density at radius 3 is 2.19 bits per heavy atom. The average molecular weight is 502 g/mol. The Labute approximate surface area is 202 Å². The third kappa shape index (κ3) is 4.41. The fourth-order valence-electron chi connectivity index (χ4n) is 4.29. The molecule has 0 aliphatic carbocycles. The van der Waals surface area contributed by atoms with Gasteiger partial charge >= 0.3 is 6.18 Å². The van der Waals surface area contributed by atoms with Gasteiger partial charge in [-0.05, 0) is 23.3 Å². The second-order valence-electron chi connectivity index (χ2n) is 8.23. The third-order valence-electron chi connectivity index (χ3n) is 6.07. The van der Waals surface area contributed by atoms with Crippen molar-refractivity contribution in [2.75, 3.05) is 6.61 Å². The van der Waals surface area contributed by atoms with E-state index in [9.17, 15) is 43.7 Å². The fraction of sp³-hybridized carbons (Fsp3) is 0.280. The Kier molecular flexibility index (Phi) is 6.99. The Morgan fingerprint density at radius 1 is 0.944 bits per heavy atom. The number of halogens is 3. The van der Waals surface area contributed by atoms with Gasteiger partial charge in [0, 0.05) is 5.56 Å². The molecule has 1 aliphatic heterocycles. The molecular formula is C25H21F3N2O6. The largest absolute Gasteiger partial charge is 0.417 e. The van der Waals surface area contributed by atoms with Crippen LogP contribution in [-0.2, 0) is 10.9 Å². The maximum absolute atomic E-state index is 13.8. The van der Waals surface area contributed by atoms with Gasteiger partial charge in [0.05, 0.1) is 17.9 Å². The zero-order valence-electron chi connectivity index (χ0n) is 18.5. The zero-order valence-corrected chi connectivity index (χ0v) is 18.5. The van der Waals surface area contributed by atoms with E-state index in [1.54, 1.807) is 36.4 Å². The molecule has 4 N–H and O–H groups in total. The number of rotatable bonds is 4. The quantitative estimate of drug-likeness (QED) is 0.429. The average Bonchev–Trinajstić information content (AvgIpc) is 2.87. The molecule has 2 aromatic carbocycles. The summed E-state index contributed by atoms with van der Waals surface area (Å²) >= 11 is 0. The van der Waals surface area contributed by atoms with Crippen molar-refractivity contribution >= 4 is 0 Å². The van der Waals surface area contributed by atoms with Gasteiger partial charge in [0.25, 0.3) is 5.56 Å². The van der Waals surface area contributed by atoms with Crippen LogP contribution in [0.4, 0.5) is 13.2 Å². The minimum atomic E-state index is -4.78. The van der Waals surface area contributed by atoms with Crippen LogP contribution in [0.15, 0.2) is 65.5 Å². The number of nitriles is 1. The zero-order chi connectivity index (χ0) is 26.2. The van der Waals surface area contributed by atoms with E-state index in [0.717, 1.165) is 16.7 Å². The number of hydrogen-bond donors (Lipinski definition) is 4. The Bertz CT molecular complexity index is 1350. The number of aliphatic hydroxyl groups excluding tert-OH is 4. The lowest BCUT2D eigenvalue weighted by atomic mass is 9.93. The molecule has 5 atom stereocenters. The maximum atomic E-state index is 13.8. The number of hydrogen-bond acceptors (Lipinski definition) is 7. The van der Waals surface area contributed by atoms with Crippen LogP contribution in [0.25, 0.3) is 22.4 Å². The number of alkyl halides is 3. The lowest BCUT2D eigenvalue weighted by Crippen LogP contribution is -2.57. The SMILES string of the molecule is N#Cc1c(-c2ccccc2C(F)(F)F)cc(-c2ccccc2)n([C@@H]2O[C@H](CO)[C@@H](O)[C@H](O)[C@H]2O)c1=O. The van der Waals surface area contributed by atoms with Crippen LogP contribution in [0.5, 0.6) is 0 Å². The van der Waals surface area contributed by atoms with Gasteiger partial charge in [-0.1, -0.05) is 48.5 Å². The topological polar surface area (TPSA) is 136 Å². The standard InChI is InChI=1S/C25H21F3N2O6/c26-25(27,28)17-9-5-4-8-14(17)15-10-18(13-6-2-1-3-7-13)30(23(35)16(15)11-29)24-22(34)21(33)20(32)19(12-31)36-24/h1-10,19-22,24,31-34H,12H2/t19-,20-,21+,22-,24-/m1/s1. The third-order valence-corrected chi connectivity index (χ3v) is 6.07. The molecule has 0 unspecified atom stereocenters. The van der Waals surface area contributed by atoms with Crippen LogP contribution in [0.2, 0.25) is 0 Å². The summed E-state index contributed by atoms with van der Waals surface area (Å²) in [6.07, 6.45) is -13.2. The summed E-state index contributed by atoms with van der Waals surface area (Å²) in [4.78, 5) is 13.6. The summed E-state index contributed by atoms with van der Waals surface area (Å²) in [5, 5.41) is 50.5. The van der Waals surface area contributed by atoms with Crippen molar-refractivity contribution in [1.29, 1.82) is 5.26 Å². The maximum Gasteiger partial charge on any atom is 0.417 e. The Morgan fingerprint density at radius 2 is 1.58 bits per heavy atom. The lowest BCUT2D eigenvalue weighted by molar-refractivity contribution is -0.251. The van der Waals surface area contributed by atoms with E-state index in [2.05, 4.69) is 0 Å². The first-order valence-electron chi connectivity index (χ1n) is 10.8. The number of aliphatic hydroxyl groups is 4. The normalized spacial score (nSPS) is 24.3. The summed E-state index contributed by atoms with van der Waals surface area (Å²) < 4.78 is 47.7. The molecule has 0 spiro atoms. The molecule has 1 aliphatic rings. The highest BCUT2D eigenvalue weighted by Crippen LogP contribution is 2.40. The molecule has 1 fully saturated rings. The molecule has 1 saturated heterocycles. The fourth-order valence-corrected chi connectivity index (χ4v) is 4.29. The minimum absolute atomic E-state index is 0.0177. The van der Waals surface area contributed by atoms with Gasteiger partial charge in [-0.2, -0.15) is 18.4 Å². The highest BCUT2D eigenvalue weighted by Gasteiger charge is 2.45. The van der Waals surface area contributed by atoms with E-state index in [4.69, 9.17) is 4.74 Å². The van der Waals surface area contributed by atoms with Gasteiger partial charge in [0.1, 0.15) is 36.0 Å². The van der Waals surface area contributed by atoms with Crippen LogP contribution < -0.4 is 5.56 Å². The van der Waals surface area contributed by atoms with E-state index in [-0.39, 0.29) is 11.3 Å². The monoisotopic (exact) mass is 502 g/mol. The molecule has 0 bridgehead atoms. The summed E-state index contributed by atoms with van der Waals surface area (Å²) in [6.45, 7) is -0.765. The second-order valence-corrected chi connectivity index (χ2v) is 8.23. The van der Waals surface area contributed by atoms with Crippen molar-refractivity contribution in [1.82, 2.24) is 4.57 Å². The van der Waals surface area contributed by atoms with E-state index in [1.165, 1.54) is 18.2 Å². The number of ether oxygens (including phenoxy) is 1. The van der Waals surface area contributed by atoms with E-state index in [1.807, 2.05) is 0 Å². The summed E-state index contributed by atoms with van der Waals surface area (Å²) in [5.41, 5.74) is -3.14. The highest BCUT2D eigenvalue weighted by atomic mass is 19.4. The highest BCUT2D eigenvalue weighted by molar-refractivity contribution is 5.78. The van der Waals surface area contributed by atoms with Crippen LogP contribution in [-0.4, -0.2) is 56.0 Å². The molecule has 0 amide bonds. The molecule has 1 aromatic heterocycles. The number of aromatic nitrogens is 1. The van der Waals surface area contributed by atoms with Crippen LogP contribution in [0, 0.1) is 11.3 Å². The molecule has 0 saturated carbocycles. The number of nitrogens with zero attached hydrogens (tertiary/aromatic N) is 2. The summed E-state index contributed by atoms with van der Waals surface area (Å²) in [6, 6.07) is 15.4. The van der Waals surface area contributed by atoms with Crippen LogP contribution in [0.1, 0.15) is 17.4 Å². The Hall–Kier alpha value is -3.53.